The molecular weight excluding hydrogens is 637 g/mol. The Kier molecular flexibility index (Phi) is 12.1. The van der Waals surface area contributed by atoms with E-state index in [0.717, 1.165) is 33.9 Å². The first-order valence-corrected chi connectivity index (χ1v) is 17.2. The third-order valence-corrected chi connectivity index (χ3v) is 9.19. The Morgan fingerprint density at radius 2 is 1.16 bits per heavy atom. The van der Waals surface area contributed by atoms with Crippen molar-refractivity contribution in [3.8, 4) is 0 Å². The van der Waals surface area contributed by atoms with Crippen LogP contribution < -0.4 is 19.2 Å². The third kappa shape index (κ3) is 10.1. The zero-order valence-corrected chi connectivity index (χ0v) is 28.6. The van der Waals surface area contributed by atoms with E-state index in [2.05, 4.69) is 30.7 Å². The van der Waals surface area contributed by atoms with Gasteiger partial charge in [0.15, 0.2) is 0 Å². The normalized spacial score (nSPS) is 12.0. The first-order chi connectivity index (χ1) is 21.5. The summed E-state index contributed by atoms with van der Waals surface area (Å²) in [7, 11) is 3.44. The van der Waals surface area contributed by atoms with Gasteiger partial charge in [0.05, 0.1) is 23.4 Å². The van der Waals surface area contributed by atoms with Crippen molar-refractivity contribution in [3.05, 3.63) is 58.5 Å². The van der Waals surface area contributed by atoms with Gasteiger partial charge in [0.1, 0.15) is 36.5 Å². The van der Waals surface area contributed by atoms with Gasteiger partial charge >= 0.3 is 20.7 Å². The Morgan fingerprint density at radius 1 is 0.733 bits per heavy atom. The summed E-state index contributed by atoms with van der Waals surface area (Å²) in [6.07, 6.45) is 1.00. The molecule has 4 aromatic rings. The van der Waals surface area contributed by atoms with Crippen LogP contribution in [0.3, 0.4) is 0 Å². The summed E-state index contributed by atoms with van der Waals surface area (Å²) in [4.78, 5) is 4.06. The quantitative estimate of drug-likeness (QED) is 0.0883. The van der Waals surface area contributed by atoms with Crippen molar-refractivity contribution in [1.82, 2.24) is 10.2 Å². The molecule has 14 nitrogen and oxygen atoms in total. The number of aromatic nitrogens is 4. The topological polar surface area (TPSA) is 142 Å². The second kappa shape index (κ2) is 16.0. The summed E-state index contributed by atoms with van der Waals surface area (Å²) >= 11 is 2.83. The van der Waals surface area contributed by atoms with Crippen LogP contribution in [0.5, 0.6) is 0 Å². The Labute approximate surface area is 271 Å². The van der Waals surface area contributed by atoms with E-state index >= 15 is 0 Å². The van der Waals surface area contributed by atoms with E-state index in [9.17, 15) is 8.42 Å². The van der Waals surface area contributed by atoms with Crippen LogP contribution in [0.25, 0.3) is 0 Å². The van der Waals surface area contributed by atoms with Gasteiger partial charge in [-0.05, 0) is 107 Å². The second-order valence-corrected chi connectivity index (χ2v) is 13.1. The maximum atomic E-state index is 12.2. The van der Waals surface area contributed by atoms with Crippen molar-refractivity contribution < 1.29 is 26.1 Å². The maximum Gasteiger partial charge on any atom is 0.429 e. The van der Waals surface area contributed by atoms with Gasteiger partial charge in [-0.3, -0.25) is 0 Å². The van der Waals surface area contributed by atoms with Crippen molar-refractivity contribution >= 4 is 66.1 Å². The van der Waals surface area contributed by atoms with Crippen LogP contribution in [0, 0.1) is 13.8 Å². The number of rotatable bonds is 16. The average molecular weight is 675 g/mol. The molecule has 0 N–H and O–H groups in total. The van der Waals surface area contributed by atoms with Crippen LogP contribution in [0.1, 0.15) is 24.0 Å². The highest BCUT2D eigenvalue weighted by molar-refractivity contribution is 7.81. The lowest BCUT2D eigenvalue weighted by atomic mass is 10.1. The van der Waals surface area contributed by atoms with Crippen LogP contribution in [0.2, 0.25) is 0 Å². The number of aryl methyl sites for hydroxylation is 4. The molecule has 0 saturated carbocycles. The van der Waals surface area contributed by atoms with Crippen LogP contribution in [-0.4, -0.2) is 59.0 Å². The zero-order chi connectivity index (χ0) is 32.4. The van der Waals surface area contributed by atoms with Gasteiger partial charge in [-0.1, -0.05) is 10.2 Å². The largest absolute Gasteiger partial charge is 0.429 e. The lowest BCUT2D eigenvalue weighted by molar-refractivity contribution is -0.713. The molecule has 45 heavy (non-hydrogen) atoms. The molecule has 0 aliphatic carbocycles. The molecule has 0 fully saturated rings. The molecular formula is C28H38N10O4S3+2. The van der Waals surface area contributed by atoms with Crippen LogP contribution in [0.15, 0.2) is 67.9 Å². The van der Waals surface area contributed by atoms with E-state index in [1.807, 2.05) is 88.2 Å². The van der Waals surface area contributed by atoms with E-state index in [0.29, 0.717) is 36.2 Å². The fraction of sp³-hybridized carbons (Fsp3) is 0.429. The Morgan fingerprint density at radius 3 is 1.51 bits per heavy atom. The minimum absolute atomic E-state index is 0.0218. The van der Waals surface area contributed by atoms with E-state index in [1.54, 1.807) is 20.4 Å². The summed E-state index contributed by atoms with van der Waals surface area (Å²) in [6, 6.07) is 11.8. The molecule has 0 aliphatic heterocycles. The van der Waals surface area contributed by atoms with Crippen LogP contribution >= 0.6 is 22.7 Å². The molecule has 0 bridgehead atoms. The van der Waals surface area contributed by atoms with Gasteiger partial charge in [-0.2, -0.15) is 8.42 Å². The van der Waals surface area contributed by atoms with Gasteiger partial charge in [0.2, 0.25) is 0 Å². The third-order valence-electron chi connectivity index (χ3n) is 6.77. The fourth-order valence-corrected chi connectivity index (χ4v) is 5.95. The molecule has 0 spiro atoms. The number of nitrogens with zero attached hydrogens (tertiary/aromatic N) is 10. The van der Waals surface area contributed by atoms with E-state index in [4.69, 9.17) is 8.37 Å². The average Bonchev–Trinajstić information content (AvgIpc) is 3.62. The molecule has 0 aliphatic rings. The molecule has 17 heteroatoms. The monoisotopic (exact) mass is 674 g/mol. The van der Waals surface area contributed by atoms with Gasteiger partial charge in [0, 0.05) is 38.6 Å². The summed E-state index contributed by atoms with van der Waals surface area (Å²) in [5.74, 6) is 0. The Bertz CT molecular complexity index is 1620. The first kappa shape index (κ1) is 34.1. The van der Waals surface area contributed by atoms with Crippen molar-refractivity contribution in [2.24, 2.45) is 34.6 Å². The number of hydrogen-bond donors (Lipinski definition) is 0. The highest BCUT2D eigenvalue weighted by Crippen LogP contribution is 2.27. The lowest BCUT2D eigenvalue weighted by Crippen LogP contribution is -2.28. The maximum absolute atomic E-state index is 12.2. The Hall–Kier alpha value is -3.77. The highest BCUT2D eigenvalue weighted by Gasteiger charge is 2.15. The standard InChI is InChI=1S/C28H38N10O4S3/c1-21-17-23(9-11-25(21)31-33-27-37(5)29-19-43-27)35(3)13-7-15-41-45(39,40)42-16-8-14-36(4)24-10-12-26(22(2)18-24)32-34-28-38(6)30-20-44-28/h9-12,17-20H,7-8,13-16H2,1-6H3/q+2. The second-order valence-electron chi connectivity index (χ2n) is 10.2. The summed E-state index contributed by atoms with van der Waals surface area (Å²) < 4.78 is 37.9. The molecule has 0 amide bonds. The molecule has 0 radical (unpaired) electrons. The molecule has 0 saturated heterocycles. The van der Waals surface area contributed by atoms with Gasteiger partial charge in [-0.15, -0.1) is 9.36 Å². The summed E-state index contributed by atoms with van der Waals surface area (Å²) in [5.41, 5.74) is 8.88. The smallest absolute Gasteiger partial charge is 0.375 e. The van der Waals surface area contributed by atoms with Crippen LogP contribution in [0.4, 0.5) is 33.0 Å². The minimum Gasteiger partial charge on any atom is -0.375 e. The predicted molar refractivity (Wildman–Crippen MR) is 174 cm³/mol. The lowest BCUT2D eigenvalue weighted by Gasteiger charge is -2.20. The van der Waals surface area contributed by atoms with Crippen molar-refractivity contribution in [3.63, 3.8) is 0 Å². The van der Waals surface area contributed by atoms with E-state index in [-0.39, 0.29) is 13.2 Å². The zero-order valence-electron chi connectivity index (χ0n) is 26.2. The molecule has 2 heterocycles. The fourth-order valence-electron chi connectivity index (χ4n) is 4.10. The molecule has 0 atom stereocenters. The van der Waals surface area contributed by atoms with Gasteiger partial charge in [0.25, 0.3) is 0 Å². The van der Waals surface area contributed by atoms with E-state index < -0.39 is 10.4 Å². The SMILES string of the molecule is Cc1cc(N(C)CCCOS(=O)(=O)OCCCN(C)c2ccc(N=Nc3scn[n+]3C)c(C)c2)ccc1N=Nc1scn[n+]1C. The summed E-state index contributed by atoms with van der Waals surface area (Å²) in [6.45, 7) is 5.18. The number of hydrogen-bond acceptors (Lipinski definition) is 14. The van der Waals surface area contributed by atoms with Gasteiger partial charge < -0.3 is 9.80 Å². The van der Waals surface area contributed by atoms with Crippen molar-refractivity contribution in [2.45, 2.75) is 26.7 Å². The van der Waals surface area contributed by atoms with E-state index in [1.165, 1.54) is 22.7 Å². The van der Waals surface area contributed by atoms with Crippen molar-refractivity contribution in [2.75, 3.05) is 50.2 Å². The van der Waals surface area contributed by atoms with Crippen molar-refractivity contribution in [1.29, 1.82) is 0 Å². The predicted octanol–water partition coefficient (Wildman–Crippen LogP) is 5.33. The first-order valence-electron chi connectivity index (χ1n) is 14.1. The highest BCUT2D eigenvalue weighted by atomic mass is 32.3. The minimum atomic E-state index is -4.08. The number of benzene rings is 2. The number of anilines is 2. The molecule has 0 unspecified atom stereocenters. The number of azo groups is 2. The molecule has 4 rings (SSSR count). The summed E-state index contributed by atoms with van der Waals surface area (Å²) in [5, 5.41) is 26.8. The van der Waals surface area contributed by atoms with Gasteiger partial charge in [-0.25, -0.2) is 8.37 Å². The molecule has 240 valence electrons. The Balaban J connectivity index is 1.14. The van der Waals surface area contributed by atoms with Crippen LogP contribution in [-0.2, 0) is 32.9 Å². The molecule has 2 aromatic carbocycles. The molecule has 2 aromatic heterocycles.